The highest BCUT2D eigenvalue weighted by Gasteiger charge is 2.34. The number of rotatable bonds is 3. The van der Waals surface area contributed by atoms with Gasteiger partial charge < -0.3 is 9.47 Å². The largest absolute Gasteiger partial charge is 0.339 e. The van der Waals surface area contributed by atoms with Crippen molar-refractivity contribution in [1.82, 2.24) is 19.7 Å². The molecule has 1 saturated heterocycles. The number of sulfone groups is 1. The Hall–Kier alpha value is -1.70. The van der Waals surface area contributed by atoms with Crippen LogP contribution in [0.2, 0.25) is 0 Å². The summed E-state index contributed by atoms with van der Waals surface area (Å²) in [5, 5.41) is 6.79. The quantitative estimate of drug-likeness (QED) is 0.742. The van der Waals surface area contributed by atoms with Crippen LogP contribution in [0.5, 0.6) is 0 Å². The monoisotopic (exact) mass is 298 g/mol. The lowest BCUT2D eigenvalue weighted by atomic mass is 10.1. The minimum absolute atomic E-state index is 0.00395. The molecule has 0 aliphatic carbocycles. The molecule has 8 heteroatoms. The van der Waals surface area contributed by atoms with Crippen LogP contribution < -0.4 is 0 Å². The first-order chi connectivity index (χ1) is 9.46. The van der Waals surface area contributed by atoms with Crippen molar-refractivity contribution in [2.45, 2.75) is 30.2 Å². The number of nitrogens with zero attached hydrogens (tertiary/aromatic N) is 4. The fraction of sp³-hybridized carbons (Fsp3) is 0.583. The Morgan fingerprint density at radius 3 is 2.55 bits per heavy atom. The summed E-state index contributed by atoms with van der Waals surface area (Å²) in [5.74, 6) is -0.0676. The third-order valence-corrected chi connectivity index (χ3v) is 5.65. The van der Waals surface area contributed by atoms with Crippen LogP contribution in [0.3, 0.4) is 0 Å². The van der Waals surface area contributed by atoms with E-state index in [1.165, 1.54) is 17.0 Å². The summed E-state index contributed by atoms with van der Waals surface area (Å²) in [4.78, 5) is 13.4. The third kappa shape index (κ3) is 2.74. The van der Waals surface area contributed by atoms with Crippen molar-refractivity contribution in [2.24, 2.45) is 7.05 Å². The summed E-state index contributed by atoms with van der Waals surface area (Å²) in [6, 6.07) is 0. The Kier molecular flexibility index (Phi) is 4.22. The van der Waals surface area contributed by atoms with Gasteiger partial charge in [0, 0.05) is 20.1 Å². The van der Waals surface area contributed by atoms with E-state index >= 15 is 0 Å². The summed E-state index contributed by atoms with van der Waals surface area (Å²) in [5.41, 5.74) is 0. The number of carbonyl (C=O) groups is 1. The van der Waals surface area contributed by atoms with Crippen LogP contribution in [0, 0.1) is 0 Å². The molecule has 0 bridgehead atoms. The molecular formula is C12H18N4O3S. The van der Waals surface area contributed by atoms with E-state index < -0.39 is 15.1 Å². The van der Waals surface area contributed by atoms with Crippen LogP contribution in [0.15, 0.2) is 23.6 Å². The number of amides is 1. The van der Waals surface area contributed by atoms with Gasteiger partial charge in [0.15, 0.2) is 0 Å². The molecule has 0 saturated carbocycles. The van der Waals surface area contributed by atoms with Crippen molar-refractivity contribution >= 4 is 15.7 Å². The van der Waals surface area contributed by atoms with E-state index in [-0.39, 0.29) is 11.1 Å². The van der Waals surface area contributed by atoms with E-state index in [9.17, 15) is 13.2 Å². The van der Waals surface area contributed by atoms with Crippen molar-refractivity contribution < 1.29 is 13.2 Å². The first kappa shape index (κ1) is 14.7. The van der Waals surface area contributed by atoms with Gasteiger partial charge in [0.1, 0.15) is 6.33 Å². The number of allylic oxidation sites excluding steroid dienone is 1. The van der Waals surface area contributed by atoms with Gasteiger partial charge in [-0.2, -0.15) is 0 Å². The fourth-order valence-corrected chi connectivity index (χ4v) is 4.05. The van der Waals surface area contributed by atoms with E-state index in [4.69, 9.17) is 0 Å². The van der Waals surface area contributed by atoms with E-state index in [0.717, 1.165) is 0 Å². The Balaban J connectivity index is 2.08. The van der Waals surface area contributed by atoms with Gasteiger partial charge in [0.05, 0.1) is 5.25 Å². The molecule has 1 aliphatic rings. The molecule has 1 aromatic heterocycles. The van der Waals surface area contributed by atoms with Gasteiger partial charge in [0.25, 0.3) is 0 Å². The summed E-state index contributed by atoms with van der Waals surface area (Å²) >= 11 is 0. The molecule has 0 aromatic carbocycles. The Morgan fingerprint density at radius 2 is 2.05 bits per heavy atom. The second-order valence-corrected chi connectivity index (χ2v) is 6.92. The van der Waals surface area contributed by atoms with Crippen LogP contribution in [0.4, 0.5) is 0 Å². The molecule has 1 amide bonds. The lowest BCUT2D eigenvalue weighted by Crippen LogP contribution is -2.42. The summed E-state index contributed by atoms with van der Waals surface area (Å²) in [6.07, 6.45) is 5.41. The lowest BCUT2D eigenvalue weighted by Gasteiger charge is -2.30. The minimum Gasteiger partial charge on any atom is -0.339 e. The van der Waals surface area contributed by atoms with Gasteiger partial charge in [-0.3, -0.25) is 4.79 Å². The van der Waals surface area contributed by atoms with Gasteiger partial charge in [-0.1, -0.05) is 6.08 Å². The zero-order valence-corrected chi connectivity index (χ0v) is 12.4. The molecule has 7 nitrogen and oxygen atoms in total. The molecule has 1 aliphatic heterocycles. The maximum absolute atomic E-state index is 12.4. The van der Waals surface area contributed by atoms with Crippen molar-refractivity contribution in [3.63, 3.8) is 0 Å². The number of hydrogen-bond donors (Lipinski definition) is 0. The Labute approximate surface area is 118 Å². The van der Waals surface area contributed by atoms with Crippen LogP contribution in [-0.2, 0) is 21.7 Å². The van der Waals surface area contributed by atoms with Crippen LogP contribution >= 0.6 is 0 Å². The number of carbonyl (C=O) groups excluding carboxylic acids is 1. The van der Waals surface area contributed by atoms with E-state index in [1.807, 2.05) is 0 Å². The highest BCUT2D eigenvalue weighted by Crippen LogP contribution is 2.23. The predicted octanol–water partition coefficient (Wildman–Crippen LogP) is 0.156. The zero-order valence-electron chi connectivity index (χ0n) is 11.6. The smallest absolute Gasteiger partial charge is 0.249 e. The molecule has 1 aromatic rings. The number of likely N-dealkylation sites (tertiary alicyclic amines) is 1. The first-order valence-electron chi connectivity index (χ1n) is 6.46. The molecule has 0 unspecified atom stereocenters. The second kappa shape index (κ2) is 5.74. The van der Waals surface area contributed by atoms with Crippen LogP contribution in [-0.4, -0.2) is 52.3 Å². The Bertz CT molecular complexity index is 612. The lowest BCUT2D eigenvalue weighted by molar-refractivity contribution is -0.126. The van der Waals surface area contributed by atoms with Crippen LogP contribution in [0.1, 0.15) is 19.8 Å². The van der Waals surface area contributed by atoms with Crippen molar-refractivity contribution in [2.75, 3.05) is 13.1 Å². The molecular weight excluding hydrogens is 280 g/mol. The second-order valence-electron chi connectivity index (χ2n) is 4.79. The normalized spacial score (nSPS) is 17.8. The number of aromatic nitrogens is 3. The zero-order chi connectivity index (χ0) is 14.8. The molecule has 0 N–H and O–H groups in total. The summed E-state index contributed by atoms with van der Waals surface area (Å²) < 4.78 is 26.3. The minimum atomic E-state index is -3.48. The molecule has 110 valence electrons. The van der Waals surface area contributed by atoms with Gasteiger partial charge in [0.2, 0.25) is 20.9 Å². The SMILES string of the molecule is C/C=C/C(=O)N1CCC(S(=O)(=O)c2nncn2C)CC1. The molecule has 1 fully saturated rings. The molecule has 0 atom stereocenters. The molecule has 2 heterocycles. The number of hydrogen-bond acceptors (Lipinski definition) is 5. The van der Waals surface area contributed by atoms with Crippen molar-refractivity contribution in [3.8, 4) is 0 Å². The molecule has 0 spiro atoms. The van der Waals surface area contributed by atoms with Gasteiger partial charge in [-0.05, 0) is 25.8 Å². The van der Waals surface area contributed by atoms with E-state index in [1.54, 1.807) is 24.9 Å². The average Bonchev–Trinajstić information content (AvgIpc) is 2.86. The molecule has 2 rings (SSSR count). The van der Waals surface area contributed by atoms with E-state index in [2.05, 4.69) is 10.2 Å². The van der Waals surface area contributed by atoms with Crippen molar-refractivity contribution in [1.29, 1.82) is 0 Å². The summed E-state index contributed by atoms with van der Waals surface area (Å²) in [7, 11) is -1.87. The highest BCUT2D eigenvalue weighted by atomic mass is 32.2. The van der Waals surface area contributed by atoms with E-state index in [0.29, 0.717) is 25.9 Å². The van der Waals surface area contributed by atoms with Crippen LogP contribution in [0.25, 0.3) is 0 Å². The molecule has 0 radical (unpaired) electrons. The van der Waals surface area contributed by atoms with Crippen molar-refractivity contribution in [3.05, 3.63) is 18.5 Å². The first-order valence-corrected chi connectivity index (χ1v) is 8.01. The Morgan fingerprint density at radius 1 is 1.40 bits per heavy atom. The van der Waals surface area contributed by atoms with Gasteiger partial charge >= 0.3 is 0 Å². The maximum atomic E-state index is 12.4. The molecule has 20 heavy (non-hydrogen) atoms. The standard InChI is InChI=1S/C12H18N4O3S/c1-3-4-11(17)16-7-5-10(6-8-16)20(18,19)12-14-13-9-15(12)2/h3-4,9-10H,5-8H2,1-2H3/b4-3+. The number of aryl methyl sites for hydroxylation is 1. The topological polar surface area (TPSA) is 85.2 Å². The predicted molar refractivity (Wildman–Crippen MR) is 72.6 cm³/mol. The number of piperidine rings is 1. The fourth-order valence-electron chi connectivity index (χ4n) is 2.31. The third-order valence-electron chi connectivity index (χ3n) is 3.43. The summed E-state index contributed by atoms with van der Waals surface area (Å²) in [6.45, 7) is 2.68. The average molecular weight is 298 g/mol. The maximum Gasteiger partial charge on any atom is 0.249 e. The van der Waals surface area contributed by atoms with Gasteiger partial charge in [-0.25, -0.2) is 8.42 Å². The highest BCUT2D eigenvalue weighted by molar-refractivity contribution is 7.91. The van der Waals surface area contributed by atoms with Gasteiger partial charge in [-0.15, -0.1) is 10.2 Å².